The van der Waals surface area contributed by atoms with Crippen molar-refractivity contribution in [3.8, 4) is 0 Å². The normalized spacial score (nSPS) is 12.6. The molecule has 4 N–H and O–H groups in total. The zero-order valence-corrected chi connectivity index (χ0v) is 10.9. The summed E-state index contributed by atoms with van der Waals surface area (Å²) in [6.45, 7) is 1.46. The number of nitrogens with one attached hydrogen (secondary N) is 1. The first-order chi connectivity index (χ1) is 9.04. The van der Waals surface area contributed by atoms with E-state index in [0.29, 0.717) is 21.6 Å². The summed E-state index contributed by atoms with van der Waals surface area (Å²) in [5.74, 6) is -0.541. The fraction of sp³-hybridized carbons (Fsp3) is 0.364. The van der Waals surface area contributed by atoms with E-state index >= 15 is 0 Å². The van der Waals surface area contributed by atoms with Crippen molar-refractivity contribution < 1.29 is 20.1 Å². The standard InChI is InChI=1S/C11H13N3O4S/c1-5-7-9(12-2-6(16)3-15)13-4-14-10(7)19-8(5)11(17)18/h4,6,15-16H,2-3H2,1H3,(H,17,18)(H,12,13,14). The molecule has 2 aromatic rings. The van der Waals surface area contributed by atoms with E-state index in [9.17, 15) is 9.90 Å². The van der Waals surface area contributed by atoms with Gasteiger partial charge in [0.05, 0.1) is 18.1 Å². The molecular formula is C11H13N3O4S. The van der Waals surface area contributed by atoms with Crippen LogP contribution in [0.2, 0.25) is 0 Å². The van der Waals surface area contributed by atoms with Gasteiger partial charge in [-0.15, -0.1) is 11.3 Å². The molecule has 0 fully saturated rings. The van der Waals surface area contributed by atoms with Crippen LogP contribution < -0.4 is 5.32 Å². The Hall–Kier alpha value is -1.77. The molecule has 0 bridgehead atoms. The lowest BCUT2D eigenvalue weighted by atomic mass is 10.2. The number of aliphatic hydroxyl groups excluding tert-OH is 2. The second-order valence-corrected chi connectivity index (χ2v) is 4.98. The Kier molecular flexibility index (Phi) is 3.93. The third-order valence-electron chi connectivity index (χ3n) is 2.64. The van der Waals surface area contributed by atoms with Crippen molar-refractivity contribution in [3.63, 3.8) is 0 Å². The van der Waals surface area contributed by atoms with Crippen LogP contribution in [0, 0.1) is 6.92 Å². The average molecular weight is 283 g/mol. The summed E-state index contributed by atoms with van der Waals surface area (Å²) in [6, 6.07) is 0. The number of aromatic carboxylic acids is 1. The molecule has 0 saturated carbocycles. The van der Waals surface area contributed by atoms with Crippen molar-refractivity contribution in [3.05, 3.63) is 16.8 Å². The summed E-state index contributed by atoms with van der Waals surface area (Å²) in [5, 5.41) is 30.7. The predicted molar refractivity (Wildman–Crippen MR) is 70.7 cm³/mol. The van der Waals surface area contributed by atoms with Gasteiger partial charge in [0.2, 0.25) is 0 Å². The van der Waals surface area contributed by atoms with Gasteiger partial charge in [0.15, 0.2) is 0 Å². The molecule has 2 aromatic heterocycles. The zero-order chi connectivity index (χ0) is 14.0. The summed E-state index contributed by atoms with van der Waals surface area (Å²) in [5.41, 5.74) is 0.592. The number of aliphatic hydroxyl groups is 2. The zero-order valence-electron chi connectivity index (χ0n) is 10.1. The number of rotatable bonds is 5. The van der Waals surface area contributed by atoms with Crippen molar-refractivity contribution in [1.82, 2.24) is 9.97 Å². The Labute approximate surface area is 112 Å². The average Bonchev–Trinajstić information content (AvgIpc) is 2.74. The quantitative estimate of drug-likeness (QED) is 0.630. The molecule has 0 radical (unpaired) electrons. The SMILES string of the molecule is Cc1c(C(=O)O)sc2ncnc(NCC(O)CO)c12. The van der Waals surface area contributed by atoms with Crippen LogP contribution in [0.1, 0.15) is 15.2 Å². The van der Waals surface area contributed by atoms with E-state index in [1.54, 1.807) is 6.92 Å². The second kappa shape index (κ2) is 5.47. The molecule has 0 aliphatic carbocycles. The Morgan fingerprint density at radius 1 is 1.53 bits per heavy atom. The molecule has 2 rings (SSSR count). The number of anilines is 1. The third kappa shape index (κ3) is 2.65. The summed E-state index contributed by atoms with van der Waals surface area (Å²) >= 11 is 1.08. The van der Waals surface area contributed by atoms with Crippen LogP contribution in [-0.4, -0.2) is 50.5 Å². The van der Waals surface area contributed by atoms with Gasteiger partial charge in [-0.05, 0) is 12.5 Å². The van der Waals surface area contributed by atoms with Gasteiger partial charge in [-0.2, -0.15) is 0 Å². The van der Waals surface area contributed by atoms with Crippen LogP contribution in [0.4, 0.5) is 5.82 Å². The van der Waals surface area contributed by atoms with Crippen molar-refractivity contribution in [2.45, 2.75) is 13.0 Å². The van der Waals surface area contributed by atoms with E-state index in [4.69, 9.17) is 10.2 Å². The number of nitrogens with zero attached hydrogens (tertiary/aromatic N) is 2. The smallest absolute Gasteiger partial charge is 0.346 e. The Morgan fingerprint density at radius 3 is 2.89 bits per heavy atom. The van der Waals surface area contributed by atoms with Crippen molar-refractivity contribution >= 4 is 33.3 Å². The lowest BCUT2D eigenvalue weighted by Gasteiger charge is -2.10. The van der Waals surface area contributed by atoms with E-state index in [-0.39, 0.29) is 18.0 Å². The van der Waals surface area contributed by atoms with Crippen LogP contribution in [0.5, 0.6) is 0 Å². The second-order valence-electron chi connectivity index (χ2n) is 3.98. The van der Waals surface area contributed by atoms with Gasteiger partial charge in [0.25, 0.3) is 0 Å². The topological polar surface area (TPSA) is 116 Å². The van der Waals surface area contributed by atoms with E-state index in [1.807, 2.05) is 0 Å². The Bertz CT molecular complexity index is 613. The number of carboxylic acids is 1. The number of aryl methyl sites for hydroxylation is 1. The maximum atomic E-state index is 11.1. The number of hydrogen-bond acceptors (Lipinski definition) is 7. The van der Waals surface area contributed by atoms with Gasteiger partial charge in [0, 0.05) is 6.54 Å². The molecule has 2 heterocycles. The highest BCUT2D eigenvalue weighted by molar-refractivity contribution is 7.20. The molecule has 7 nitrogen and oxygen atoms in total. The molecule has 1 unspecified atom stereocenters. The molecule has 102 valence electrons. The molecule has 0 aromatic carbocycles. The minimum absolute atomic E-state index is 0.125. The molecule has 8 heteroatoms. The highest BCUT2D eigenvalue weighted by Gasteiger charge is 2.18. The van der Waals surface area contributed by atoms with Crippen LogP contribution in [0.15, 0.2) is 6.33 Å². The Balaban J connectivity index is 2.41. The molecule has 1 atom stereocenters. The first-order valence-corrected chi connectivity index (χ1v) is 6.36. The fourth-order valence-electron chi connectivity index (χ4n) is 1.69. The van der Waals surface area contributed by atoms with E-state index in [2.05, 4.69) is 15.3 Å². The van der Waals surface area contributed by atoms with Crippen molar-refractivity contribution in [2.75, 3.05) is 18.5 Å². The van der Waals surface area contributed by atoms with Crippen LogP contribution >= 0.6 is 11.3 Å². The minimum atomic E-state index is -0.998. The maximum Gasteiger partial charge on any atom is 0.346 e. The number of thiophene rings is 1. The van der Waals surface area contributed by atoms with E-state index < -0.39 is 12.1 Å². The lowest BCUT2D eigenvalue weighted by Crippen LogP contribution is -2.23. The van der Waals surface area contributed by atoms with Gasteiger partial charge in [-0.25, -0.2) is 14.8 Å². The van der Waals surface area contributed by atoms with Gasteiger partial charge in [-0.1, -0.05) is 0 Å². The highest BCUT2D eigenvalue weighted by atomic mass is 32.1. The van der Waals surface area contributed by atoms with Gasteiger partial charge >= 0.3 is 5.97 Å². The molecule has 0 saturated heterocycles. The first kappa shape index (κ1) is 13.7. The first-order valence-electron chi connectivity index (χ1n) is 5.54. The monoisotopic (exact) mass is 283 g/mol. The summed E-state index contributed by atoms with van der Waals surface area (Å²) < 4.78 is 0. The molecule has 19 heavy (non-hydrogen) atoms. The summed E-state index contributed by atoms with van der Waals surface area (Å²) in [6.07, 6.45) is 0.431. The lowest BCUT2D eigenvalue weighted by molar-refractivity contribution is 0.0701. The minimum Gasteiger partial charge on any atom is -0.477 e. The van der Waals surface area contributed by atoms with Gasteiger partial charge < -0.3 is 20.6 Å². The van der Waals surface area contributed by atoms with Crippen LogP contribution in [0.3, 0.4) is 0 Å². The van der Waals surface area contributed by atoms with Gasteiger partial charge in [-0.3, -0.25) is 0 Å². The number of hydrogen-bond donors (Lipinski definition) is 4. The summed E-state index contributed by atoms with van der Waals surface area (Å²) in [4.78, 5) is 20.0. The van der Waals surface area contributed by atoms with E-state index in [1.165, 1.54) is 6.33 Å². The fourth-order valence-corrected chi connectivity index (χ4v) is 2.68. The van der Waals surface area contributed by atoms with Crippen molar-refractivity contribution in [2.24, 2.45) is 0 Å². The van der Waals surface area contributed by atoms with Crippen molar-refractivity contribution in [1.29, 1.82) is 0 Å². The molecule has 0 spiro atoms. The van der Waals surface area contributed by atoms with Gasteiger partial charge in [0.1, 0.15) is 21.9 Å². The van der Waals surface area contributed by atoms with Crippen LogP contribution in [0.25, 0.3) is 10.2 Å². The molecule has 0 aliphatic rings. The molecule has 0 amide bonds. The Morgan fingerprint density at radius 2 is 2.26 bits per heavy atom. The number of carboxylic acid groups (broad SMARTS) is 1. The predicted octanol–water partition coefficient (Wildman–Crippen LogP) is 0.463. The number of carbonyl (C=O) groups is 1. The summed E-state index contributed by atoms with van der Waals surface area (Å²) in [7, 11) is 0. The molecule has 0 aliphatic heterocycles. The largest absolute Gasteiger partial charge is 0.477 e. The highest BCUT2D eigenvalue weighted by Crippen LogP contribution is 2.33. The molecular weight excluding hydrogens is 270 g/mol. The number of aromatic nitrogens is 2. The van der Waals surface area contributed by atoms with Crippen LogP contribution in [-0.2, 0) is 0 Å². The van der Waals surface area contributed by atoms with E-state index in [0.717, 1.165) is 11.3 Å². The maximum absolute atomic E-state index is 11.1. The third-order valence-corrected chi connectivity index (χ3v) is 3.82. The number of fused-ring (bicyclic) bond motifs is 1.